The number of rotatable bonds is 10. The molecule has 7 nitrogen and oxygen atoms in total. The van der Waals surface area contributed by atoms with E-state index in [9.17, 15) is 8.78 Å². The normalized spacial score (nSPS) is 11.6. The lowest BCUT2D eigenvalue weighted by molar-refractivity contribution is -0.0512. The van der Waals surface area contributed by atoms with Crippen LogP contribution in [0.2, 0.25) is 0 Å². The molecule has 160 valence electrons. The summed E-state index contributed by atoms with van der Waals surface area (Å²) < 4.78 is 36.6. The second kappa shape index (κ2) is 11.2. The Morgan fingerprint density at radius 3 is 2.55 bits per heavy atom. The summed E-state index contributed by atoms with van der Waals surface area (Å²) in [5, 5.41) is 10.9. The predicted molar refractivity (Wildman–Crippen MR) is 109 cm³/mol. The van der Waals surface area contributed by atoms with Crippen LogP contribution in [-0.2, 0) is 13.0 Å². The summed E-state index contributed by atoms with van der Waals surface area (Å²) in [6.45, 7) is 3.33. The quantitative estimate of drug-likeness (QED) is 0.359. The number of aryl methyl sites for hydroxylation is 3. The monoisotopic (exact) mass is 409 g/mol. The number of ether oxygens (including phenoxy) is 2. The molecule has 0 saturated carbocycles. The second-order valence-electron chi connectivity index (χ2n) is 6.54. The van der Waals surface area contributed by atoms with Crippen molar-refractivity contribution in [1.82, 2.24) is 20.4 Å². The molecule has 0 aliphatic rings. The standard InChI is InChI=1S/C20H29F2N5O2/c1-14-12-15(2)27(26-14)11-5-9-24-20(23-3)25-10-8-16-6-7-17(28-4)18(13-16)29-19(21)22/h6-7,12-13,19H,5,8-11H2,1-4H3,(H2,23,24,25). The van der Waals surface area contributed by atoms with Crippen LogP contribution in [0.4, 0.5) is 8.78 Å². The van der Waals surface area contributed by atoms with E-state index in [1.807, 2.05) is 24.6 Å². The van der Waals surface area contributed by atoms with Crippen LogP contribution in [0.3, 0.4) is 0 Å². The van der Waals surface area contributed by atoms with E-state index >= 15 is 0 Å². The number of benzene rings is 1. The molecule has 0 aliphatic carbocycles. The highest BCUT2D eigenvalue weighted by atomic mass is 19.3. The molecule has 0 radical (unpaired) electrons. The maximum absolute atomic E-state index is 12.5. The molecule has 0 spiro atoms. The van der Waals surface area contributed by atoms with Gasteiger partial charge in [-0.25, -0.2) is 0 Å². The third kappa shape index (κ3) is 7.24. The molecule has 0 aliphatic heterocycles. The Bertz CT molecular complexity index is 808. The van der Waals surface area contributed by atoms with Crippen LogP contribution in [0.1, 0.15) is 23.4 Å². The van der Waals surface area contributed by atoms with Gasteiger partial charge in [0.15, 0.2) is 17.5 Å². The molecule has 0 fully saturated rings. The Morgan fingerprint density at radius 2 is 1.93 bits per heavy atom. The topological polar surface area (TPSA) is 72.7 Å². The number of alkyl halides is 2. The average molecular weight is 409 g/mol. The maximum Gasteiger partial charge on any atom is 0.387 e. The maximum atomic E-state index is 12.5. The van der Waals surface area contributed by atoms with Crippen molar-refractivity contribution in [1.29, 1.82) is 0 Å². The molecule has 2 rings (SSSR count). The van der Waals surface area contributed by atoms with Gasteiger partial charge in [-0.3, -0.25) is 9.67 Å². The Morgan fingerprint density at radius 1 is 1.17 bits per heavy atom. The smallest absolute Gasteiger partial charge is 0.387 e. The average Bonchev–Trinajstić information content (AvgIpc) is 3.00. The van der Waals surface area contributed by atoms with Crippen LogP contribution in [-0.4, -0.2) is 49.6 Å². The first-order valence-electron chi connectivity index (χ1n) is 9.50. The highest BCUT2D eigenvalue weighted by Gasteiger charge is 2.11. The summed E-state index contributed by atoms with van der Waals surface area (Å²) in [5.74, 6) is 1.00. The fraction of sp³-hybridized carbons (Fsp3) is 0.500. The molecular formula is C20H29F2N5O2. The van der Waals surface area contributed by atoms with Crippen molar-refractivity contribution in [2.45, 2.75) is 39.8 Å². The van der Waals surface area contributed by atoms with E-state index in [0.717, 1.165) is 36.5 Å². The molecule has 0 bridgehead atoms. The third-order valence-electron chi connectivity index (χ3n) is 4.32. The molecular weight excluding hydrogens is 380 g/mol. The first-order chi connectivity index (χ1) is 13.9. The van der Waals surface area contributed by atoms with Gasteiger partial charge in [0.05, 0.1) is 12.8 Å². The van der Waals surface area contributed by atoms with Crippen LogP contribution in [0.25, 0.3) is 0 Å². The number of methoxy groups -OCH3 is 1. The highest BCUT2D eigenvalue weighted by Crippen LogP contribution is 2.29. The number of nitrogens with one attached hydrogen (secondary N) is 2. The summed E-state index contributed by atoms with van der Waals surface area (Å²) >= 11 is 0. The van der Waals surface area contributed by atoms with Gasteiger partial charge in [-0.05, 0) is 50.5 Å². The molecule has 0 unspecified atom stereocenters. The van der Waals surface area contributed by atoms with Crippen molar-refractivity contribution in [2.24, 2.45) is 4.99 Å². The zero-order valence-electron chi connectivity index (χ0n) is 17.3. The number of aromatic nitrogens is 2. The summed E-state index contributed by atoms with van der Waals surface area (Å²) in [7, 11) is 3.12. The lowest BCUT2D eigenvalue weighted by atomic mass is 10.1. The van der Waals surface area contributed by atoms with Crippen LogP contribution in [0, 0.1) is 13.8 Å². The summed E-state index contributed by atoms with van der Waals surface area (Å²) in [4.78, 5) is 4.20. The molecule has 2 N–H and O–H groups in total. The van der Waals surface area contributed by atoms with E-state index in [-0.39, 0.29) is 11.5 Å². The number of guanidine groups is 1. The van der Waals surface area contributed by atoms with Crippen LogP contribution in [0.15, 0.2) is 29.3 Å². The van der Waals surface area contributed by atoms with Gasteiger partial charge in [0.25, 0.3) is 0 Å². The minimum absolute atomic E-state index is 0.0339. The largest absolute Gasteiger partial charge is 0.493 e. The third-order valence-corrected chi connectivity index (χ3v) is 4.32. The first kappa shape index (κ1) is 22.4. The zero-order valence-corrected chi connectivity index (χ0v) is 17.3. The number of nitrogens with zero attached hydrogens (tertiary/aromatic N) is 3. The predicted octanol–water partition coefficient (Wildman–Crippen LogP) is 2.91. The minimum atomic E-state index is -2.89. The summed E-state index contributed by atoms with van der Waals surface area (Å²) in [5.41, 5.74) is 3.03. The molecule has 1 aromatic carbocycles. The minimum Gasteiger partial charge on any atom is -0.493 e. The van der Waals surface area contributed by atoms with E-state index in [1.165, 1.54) is 7.11 Å². The Balaban J connectivity index is 1.75. The van der Waals surface area contributed by atoms with Crippen molar-refractivity contribution in [3.05, 3.63) is 41.2 Å². The molecule has 29 heavy (non-hydrogen) atoms. The van der Waals surface area contributed by atoms with Crippen molar-refractivity contribution in [3.63, 3.8) is 0 Å². The van der Waals surface area contributed by atoms with Crippen molar-refractivity contribution < 1.29 is 18.3 Å². The van der Waals surface area contributed by atoms with E-state index in [4.69, 9.17) is 4.74 Å². The SMILES string of the molecule is CN=C(NCCCn1nc(C)cc1C)NCCc1ccc(OC)c(OC(F)F)c1. The van der Waals surface area contributed by atoms with E-state index < -0.39 is 6.61 Å². The van der Waals surface area contributed by atoms with Gasteiger partial charge in [-0.2, -0.15) is 13.9 Å². The van der Waals surface area contributed by atoms with Gasteiger partial charge < -0.3 is 20.1 Å². The van der Waals surface area contributed by atoms with Gasteiger partial charge >= 0.3 is 6.61 Å². The van der Waals surface area contributed by atoms with E-state index in [0.29, 0.717) is 18.9 Å². The zero-order chi connectivity index (χ0) is 21.2. The lowest BCUT2D eigenvalue weighted by Crippen LogP contribution is -2.39. The number of hydrogen-bond donors (Lipinski definition) is 2. The van der Waals surface area contributed by atoms with Crippen molar-refractivity contribution in [3.8, 4) is 11.5 Å². The molecule has 1 aromatic heterocycles. The second-order valence-corrected chi connectivity index (χ2v) is 6.54. The van der Waals surface area contributed by atoms with E-state index in [2.05, 4.69) is 31.5 Å². The summed E-state index contributed by atoms with van der Waals surface area (Å²) in [6, 6.07) is 7.07. The molecule has 0 amide bonds. The van der Waals surface area contributed by atoms with Gasteiger partial charge in [-0.1, -0.05) is 6.07 Å². The van der Waals surface area contributed by atoms with Crippen LogP contribution in [0.5, 0.6) is 11.5 Å². The molecule has 0 saturated heterocycles. The fourth-order valence-electron chi connectivity index (χ4n) is 2.95. The van der Waals surface area contributed by atoms with Gasteiger partial charge in [0, 0.05) is 32.4 Å². The Hall–Kier alpha value is -2.84. The van der Waals surface area contributed by atoms with Crippen molar-refractivity contribution >= 4 is 5.96 Å². The Labute approximate surface area is 170 Å². The Kier molecular flexibility index (Phi) is 8.69. The summed E-state index contributed by atoms with van der Waals surface area (Å²) in [6.07, 6.45) is 1.53. The molecule has 9 heteroatoms. The number of halogens is 2. The molecule has 1 heterocycles. The molecule has 0 atom stereocenters. The van der Waals surface area contributed by atoms with Crippen molar-refractivity contribution in [2.75, 3.05) is 27.2 Å². The molecule has 2 aromatic rings. The van der Waals surface area contributed by atoms with E-state index in [1.54, 1.807) is 19.2 Å². The highest BCUT2D eigenvalue weighted by molar-refractivity contribution is 5.79. The van der Waals surface area contributed by atoms with Gasteiger partial charge in [0.1, 0.15) is 0 Å². The fourth-order valence-corrected chi connectivity index (χ4v) is 2.95. The number of aliphatic imine (C=N–C) groups is 1. The van der Waals surface area contributed by atoms with Gasteiger partial charge in [0.2, 0.25) is 0 Å². The lowest BCUT2D eigenvalue weighted by Gasteiger charge is -2.14. The van der Waals surface area contributed by atoms with Gasteiger partial charge in [-0.15, -0.1) is 0 Å². The van der Waals surface area contributed by atoms with Crippen LogP contribution >= 0.6 is 0 Å². The number of hydrogen-bond acceptors (Lipinski definition) is 4. The first-order valence-corrected chi connectivity index (χ1v) is 9.50. The van der Waals surface area contributed by atoms with Crippen LogP contribution < -0.4 is 20.1 Å².